The molecule has 3 atom stereocenters. The molecule has 3 rings (SSSR count). The predicted octanol–water partition coefficient (Wildman–Crippen LogP) is 2.25. The monoisotopic (exact) mass is 196 g/mol. The Labute approximate surface area is 85.6 Å². The van der Waals surface area contributed by atoms with Gasteiger partial charge in [0, 0.05) is 0 Å². The Bertz CT molecular complexity index is 245. The second kappa shape index (κ2) is 2.73. The summed E-state index contributed by atoms with van der Waals surface area (Å²) in [5.74, 6) is 0.735. The van der Waals surface area contributed by atoms with Crippen LogP contribution in [-0.4, -0.2) is 22.4 Å². The van der Waals surface area contributed by atoms with Gasteiger partial charge in [0.25, 0.3) is 0 Å². The summed E-state index contributed by atoms with van der Waals surface area (Å²) in [5, 5.41) is 10.6. The SMILES string of the molecule is C[C@@H]1CC[C@H]2O[C@@]2(C2(O)CCCC2)C1. The molecule has 2 heteroatoms. The van der Waals surface area contributed by atoms with Crippen molar-refractivity contribution in [2.45, 2.75) is 69.2 Å². The molecule has 1 aliphatic heterocycles. The molecule has 0 amide bonds. The maximum atomic E-state index is 10.6. The van der Waals surface area contributed by atoms with E-state index in [2.05, 4.69) is 6.92 Å². The van der Waals surface area contributed by atoms with E-state index >= 15 is 0 Å². The first-order chi connectivity index (χ1) is 6.66. The smallest absolute Gasteiger partial charge is 0.124 e. The molecule has 0 bridgehead atoms. The van der Waals surface area contributed by atoms with Crippen molar-refractivity contribution < 1.29 is 9.84 Å². The van der Waals surface area contributed by atoms with E-state index in [0.717, 1.165) is 25.2 Å². The Hall–Kier alpha value is -0.0800. The molecule has 2 nitrogen and oxygen atoms in total. The van der Waals surface area contributed by atoms with Gasteiger partial charge in [-0.15, -0.1) is 0 Å². The molecule has 1 N–H and O–H groups in total. The molecule has 0 aromatic carbocycles. The van der Waals surface area contributed by atoms with Crippen LogP contribution in [0.5, 0.6) is 0 Å². The normalized spacial score (nSPS) is 50.1. The number of hydrogen-bond acceptors (Lipinski definition) is 2. The van der Waals surface area contributed by atoms with Crippen molar-refractivity contribution in [2.75, 3.05) is 0 Å². The van der Waals surface area contributed by atoms with Gasteiger partial charge in [0.2, 0.25) is 0 Å². The van der Waals surface area contributed by atoms with Crippen molar-refractivity contribution in [3.63, 3.8) is 0 Å². The second-order valence-electron chi connectivity index (χ2n) is 5.62. The average Bonchev–Trinajstić information content (AvgIpc) is 2.73. The molecular weight excluding hydrogens is 176 g/mol. The molecule has 0 aromatic rings. The fourth-order valence-electron chi connectivity index (χ4n) is 3.73. The van der Waals surface area contributed by atoms with Crippen molar-refractivity contribution in [3.05, 3.63) is 0 Å². The van der Waals surface area contributed by atoms with Crippen LogP contribution in [0.4, 0.5) is 0 Å². The van der Waals surface area contributed by atoms with Gasteiger partial charge in [-0.05, 0) is 38.0 Å². The van der Waals surface area contributed by atoms with E-state index in [1.54, 1.807) is 0 Å². The minimum absolute atomic E-state index is 0.110. The first kappa shape index (κ1) is 9.17. The lowest BCUT2D eigenvalue weighted by molar-refractivity contribution is -0.0433. The number of epoxide rings is 1. The molecule has 14 heavy (non-hydrogen) atoms. The van der Waals surface area contributed by atoms with Crippen LogP contribution in [-0.2, 0) is 4.74 Å². The minimum Gasteiger partial charge on any atom is -0.387 e. The Balaban J connectivity index is 1.83. The summed E-state index contributed by atoms with van der Waals surface area (Å²) < 4.78 is 5.87. The van der Waals surface area contributed by atoms with Crippen molar-refractivity contribution in [1.82, 2.24) is 0 Å². The van der Waals surface area contributed by atoms with E-state index in [4.69, 9.17) is 4.74 Å². The van der Waals surface area contributed by atoms with E-state index in [1.807, 2.05) is 0 Å². The predicted molar refractivity (Wildman–Crippen MR) is 54.0 cm³/mol. The van der Waals surface area contributed by atoms with E-state index in [9.17, 15) is 5.11 Å². The van der Waals surface area contributed by atoms with Gasteiger partial charge in [0.15, 0.2) is 0 Å². The third kappa shape index (κ3) is 1.04. The van der Waals surface area contributed by atoms with Crippen LogP contribution in [0.3, 0.4) is 0 Å². The van der Waals surface area contributed by atoms with Gasteiger partial charge in [-0.2, -0.15) is 0 Å². The van der Waals surface area contributed by atoms with Gasteiger partial charge < -0.3 is 9.84 Å². The van der Waals surface area contributed by atoms with Crippen LogP contribution in [0.2, 0.25) is 0 Å². The molecule has 0 radical (unpaired) electrons. The largest absolute Gasteiger partial charge is 0.387 e. The molecule has 2 aliphatic carbocycles. The van der Waals surface area contributed by atoms with E-state index in [0.29, 0.717) is 6.10 Å². The summed E-state index contributed by atoms with van der Waals surface area (Å²) in [6.45, 7) is 2.29. The maximum Gasteiger partial charge on any atom is 0.124 e. The van der Waals surface area contributed by atoms with Gasteiger partial charge in [0.05, 0.1) is 11.7 Å². The Morgan fingerprint density at radius 2 is 1.93 bits per heavy atom. The Morgan fingerprint density at radius 3 is 2.64 bits per heavy atom. The average molecular weight is 196 g/mol. The maximum absolute atomic E-state index is 10.6. The number of rotatable bonds is 1. The van der Waals surface area contributed by atoms with Crippen LogP contribution in [0.25, 0.3) is 0 Å². The second-order valence-corrected chi connectivity index (χ2v) is 5.62. The van der Waals surface area contributed by atoms with Crippen LogP contribution in [0.15, 0.2) is 0 Å². The van der Waals surface area contributed by atoms with Crippen LogP contribution in [0, 0.1) is 5.92 Å². The van der Waals surface area contributed by atoms with E-state index < -0.39 is 5.60 Å². The third-order valence-corrected chi connectivity index (χ3v) is 4.61. The highest BCUT2D eigenvalue weighted by Crippen LogP contribution is 2.59. The summed E-state index contributed by atoms with van der Waals surface area (Å²) in [7, 11) is 0. The first-order valence-electron chi connectivity index (χ1n) is 6.06. The summed E-state index contributed by atoms with van der Waals surface area (Å²) in [5.41, 5.74) is -0.576. The molecule has 3 fully saturated rings. The van der Waals surface area contributed by atoms with Crippen molar-refractivity contribution in [1.29, 1.82) is 0 Å². The minimum atomic E-state index is -0.466. The van der Waals surface area contributed by atoms with Gasteiger partial charge in [-0.3, -0.25) is 0 Å². The van der Waals surface area contributed by atoms with Gasteiger partial charge >= 0.3 is 0 Å². The number of ether oxygens (including phenoxy) is 1. The lowest BCUT2D eigenvalue weighted by Crippen LogP contribution is -2.47. The zero-order valence-corrected chi connectivity index (χ0v) is 8.96. The van der Waals surface area contributed by atoms with Crippen LogP contribution < -0.4 is 0 Å². The van der Waals surface area contributed by atoms with E-state index in [1.165, 1.54) is 25.7 Å². The van der Waals surface area contributed by atoms with Crippen molar-refractivity contribution >= 4 is 0 Å². The molecule has 1 saturated heterocycles. The first-order valence-corrected chi connectivity index (χ1v) is 6.06. The molecule has 0 spiro atoms. The van der Waals surface area contributed by atoms with Crippen LogP contribution >= 0.6 is 0 Å². The standard InChI is InChI=1S/C12H20O2/c1-9-4-5-10-12(8-9,14-10)11(13)6-2-3-7-11/h9-10,13H,2-8H2,1H3/t9-,10-,12+/m1/s1. The summed E-state index contributed by atoms with van der Waals surface area (Å²) in [6, 6.07) is 0. The lowest BCUT2D eigenvalue weighted by atomic mass is 9.72. The third-order valence-electron chi connectivity index (χ3n) is 4.61. The van der Waals surface area contributed by atoms with Crippen LogP contribution in [0.1, 0.15) is 51.9 Å². The number of hydrogen-bond donors (Lipinski definition) is 1. The fourth-order valence-corrected chi connectivity index (χ4v) is 3.73. The van der Waals surface area contributed by atoms with E-state index in [-0.39, 0.29) is 5.60 Å². The van der Waals surface area contributed by atoms with Gasteiger partial charge in [-0.25, -0.2) is 0 Å². The molecule has 2 saturated carbocycles. The highest BCUT2D eigenvalue weighted by atomic mass is 16.6. The molecule has 80 valence electrons. The highest BCUT2D eigenvalue weighted by molar-refractivity contribution is 5.18. The van der Waals surface area contributed by atoms with Crippen molar-refractivity contribution in [3.8, 4) is 0 Å². The lowest BCUT2D eigenvalue weighted by Gasteiger charge is -2.35. The Kier molecular flexibility index (Phi) is 1.79. The highest BCUT2D eigenvalue weighted by Gasteiger charge is 2.69. The quantitative estimate of drug-likeness (QED) is 0.652. The molecule has 3 aliphatic rings. The zero-order chi connectivity index (χ0) is 9.81. The topological polar surface area (TPSA) is 32.8 Å². The summed E-state index contributed by atoms with van der Waals surface area (Å²) >= 11 is 0. The molecule has 0 unspecified atom stereocenters. The molecule has 0 aromatic heterocycles. The van der Waals surface area contributed by atoms with Crippen molar-refractivity contribution in [2.24, 2.45) is 5.92 Å². The summed E-state index contributed by atoms with van der Waals surface area (Å²) in [4.78, 5) is 0. The van der Waals surface area contributed by atoms with Gasteiger partial charge in [-0.1, -0.05) is 19.8 Å². The Morgan fingerprint density at radius 1 is 1.21 bits per heavy atom. The summed E-state index contributed by atoms with van der Waals surface area (Å²) in [6.07, 6.45) is 8.24. The number of aliphatic hydroxyl groups is 1. The molecular formula is C12H20O2. The number of fused-ring (bicyclic) bond motifs is 1. The molecule has 1 heterocycles. The zero-order valence-electron chi connectivity index (χ0n) is 8.96. The van der Waals surface area contributed by atoms with Gasteiger partial charge in [0.1, 0.15) is 5.60 Å². The fraction of sp³-hybridized carbons (Fsp3) is 1.00.